The van der Waals surface area contributed by atoms with Crippen LogP contribution in [0.5, 0.6) is 0 Å². The molecule has 4 nitrogen and oxygen atoms in total. The monoisotopic (exact) mass is 338 g/mol. The van der Waals surface area contributed by atoms with Crippen molar-refractivity contribution in [2.24, 2.45) is 7.05 Å². The van der Waals surface area contributed by atoms with Gasteiger partial charge in [0.05, 0.1) is 12.7 Å². The molecular formula is C16H19ClN2O2S. The van der Waals surface area contributed by atoms with Crippen molar-refractivity contribution in [1.82, 2.24) is 9.55 Å². The molecule has 0 unspecified atom stereocenters. The van der Waals surface area contributed by atoms with Crippen LogP contribution in [0, 0.1) is 0 Å². The Morgan fingerprint density at radius 2 is 2.23 bits per heavy atom. The first-order valence-electron chi connectivity index (χ1n) is 7.28. The average Bonchev–Trinajstić information content (AvgIpc) is 3.13. The van der Waals surface area contributed by atoms with Crippen molar-refractivity contribution in [3.8, 4) is 0 Å². The number of nitrogens with zero attached hydrogens (tertiary/aromatic N) is 2. The highest BCUT2D eigenvalue weighted by molar-refractivity contribution is 8.00. The Morgan fingerprint density at radius 1 is 1.45 bits per heavy atom. The van der Waals surface area contributed by atoms with E-state index in [-0.39, 0.29) is 12.7 Å². The molecule has 0 spiro atoms. The van der Waals surface area contributed by atoms with E-state index in [2.05, 4.69) is 4.98 Å². The third-order valence-electron chi connectivity index (χ3n) is 3.95. The van der Waals surface area contributed by atoms with Crippen LogP contribution in [0.15, 0.2) is 36.7 Å². The molecule has 1 fully saturated rings. The number of benzene rings is 1. The van der Waals surface area contributed by atoms with Crippen molar-refractivity contribution < 1.29 is 9.84 Å². The van der Waals surface area contributed by atoms with Crippen LogP contribution >= 0.6 is 23.4 Å². The number of imidazole rings is 1. The van der Waals surface area contributed by atoms with Crippen LogP contribution in [-0.4, -0.2) is 33.1 Å². The summed E-state index contributed by atoms with van der Waals surface area (Å²) < 4.78 is 8.22. The first-order chi connectivity index (χ1) is 10.6. The van der Waals surface area contributed by atoms with Gasteiger partial charge in [-0.15, -0.1) is 11.8 Å². The normalized spacial score (nSPS) is 24.8. The third kappa shape index (κ3) is 3.18. The summed E-state index contributed by atoms with van der Waals surface area (Å²) in [6.45, 7) is 0.0464. The molecule has 22 heavy (non-hydrogen) atoms. The fourth-order valence-electron chi connectivity index (χ4n) is 2.70. The minimum atomic E-state index is -0.441. The van der Waals surface area contributed by atoms with Crippen molar-refractivity contribution in [2.45, 2.75) is 23.9 Å². The van der Waals surface area contributed by atoms with Gasteiger partial charge < -0.3 is 14.4 Å². The van der Waals surface area contributed by atoms with Crippen LogP contribution in [0.25, 0.3) is 0 Å². The topological polar surface area (TPSA) is 47.3 Å². The number of aromatic nitrogens is 2. The Balaban J connectivity index is 1.84. The lowest BCUT2D eigenvalue weighted by molar-refractivity contribution is -0.0388. The van der Waals surface area contributed by atoms with Gasteiger partial charge >= 0.3 is 0 Å². The maximum absolute atomic E-state index is 9.41. The van der Waals surface area contributed by atoms with E-state index in [4.69, 9.17) is 16.3 Å². The van der Waals surface area contributed by atoms with Crippen LogP contribution in [0.1, 0.15) is 17.8 Å². The van der Waals surface area contributed by atoms with E-state index in [0.29, 0.717) is 5.02 Å². The SMILES string of the molecule is Cn1ccnc1CC[C@@]1(c2ccc(Cl)cc2)O[C@@H](CO)CS1. The van der Waals surface area contributed by atoms with E-state index in [1.165, 1.54) is 0 Å². The lowest BCUT2D eigenvalue weighted by atomic mass is 10.0. The summed E-state index contributed by atoms with van der Waals surface area (Å²) in [4.78, 5) is 3.94. The Kier molecular flexibility index (Phi) is 4.78. The Morgan fingerprint density at radius 3 is 2.82 bits per heavy atom. The van der Waals surface area contributed by atoms with Gasteiger partial charge in [0.15, 0.2) is 0 Å². The molecule has 2 aromatic rings. The summed E-state index contributed by atoms with van der Waals surface area (Å²) in [5.41, 5.74) is 1.09. The highest BCUT2D eigenvalue weighted by atomic mass is 35.5. The maximum Gasteiger partial charge on any atom is 0.140 e. The van der Waals surface area contributed by atoms with Crippen molar-refractivity contribution in [2.75, 3.05) is 12.4 Å². The molecule has 1 aromatic heterocycles. The third-order valence-corrected chi connectivity index (χ3v) is 5.74. The zero-order valence-corrected chi connectivity index (χ0v) is 14.0. The first kappa shape index (κ1) is 15.9. The number of thioether (sulfide) groups is 1. The molecule has 1 aliphatic rings. The fourth-order valence-corrected chi connectivity index (χ4v) is 4.21. The molecule has 1 aliphatic heterocycles. The van der Waals surface area contributed by atoms with E-state index in [0.717, 1.165) is 30.0 Å². The van der Waals surface area contributed by atoms with Gasteiger partial charge in [0.25, 0.3) is 0 Å². The lowest BCUT2D eigenvalue weighted by Crippen LogP contribution is -2.27. The van der Waals surface area contributed by atoms with Gasteiger partial charge in [-0.25, -0.2) is 4.98 Å². The molecule has 1 aromatic carbocycles. The van der Waals surface area contributed by atoms with Gasteiger partial charge in [-0.1, -0.05) is 23.7 Å². The van der Waals surface area contributed by atoms with Crippen LogP contribution in [-0.2, 0) is 23.1 Å². The van der Waals surface area contributed by atoms with Crippen LogP contribution in [0.2, 0.25) is 5.02 Å². The lowest BCUT2D eigenvalue weighted by Gasteiger charge is -2.29. The summed E-state index contributed by atoms with van der Waals surface area (Å²) in [6, 6.07) is 7.78. The summed E-state index contributed by atoms with van der Waals surface area (Å²) in [6.07, 6.45) is 5.26. The minimum absolute atomic E-state index is 0.0464. The Hall–Kier alpha value is -1.01. The quantitative estimate of drug-likeness (QED) is 0.910. The Bertz CT molecular complexity index is 631. The molecule has 0 bridgehead atoms. The number of hydrogen-bond donors (Lipinski definition) is 1. The van der Waals surface area contributed by atoms with E-state index >= 15 is 0 Å². The van der Waals surface area contributed by atoms with Crippen molar-refractivity contribution >= 4 is 23.4 Å². The molecule has 6 heteroatoms. The number of aliphatic hydroxyl groups is 1. The molecule has 1 saturated heterocycles. The standard InChI is InChI=1S/C16H19ClN2O2S/c1-19-9-8-18-15(19)6-7-16(21-14(10-20)11-22-16)12-2-4-13(17)5-3-12/h2-5,8-9,14,20H,6-7,10-11H2,1H3/t14-,16+/m0/s1. The van der Waals surface area contributed by atoms with Gasteiger partial charge in [-0.3, -0.25) is 0 Å². The largest absolute Gasteiger partial charge is 0.394 e. The smallest absolute Gasteiger partial charge is 0.140 e. The highest BCUT2D eigenvalue weighted by Crippen LogP contribution is 2.48. The van der Waals surface area contributed by atoms with E-state index in [1.54, 1.807) is 11.8 Å². The van der Waals surface area contributed by atoms with E-state index in [9.17, 15) is 5.11 Å². The predicted octanol–water partition coefficient (Wildman–Crippen LogP) is 2.98. The minimum Gasteiger partial charge on any atom is -0.394 e. The summed E-state index contributed by atoms with van der Waals surface area (Å²) in [7, 11) is 2.00. The molecule has 1 N–H and O–H groups in total. The molecular weight excluding hydrogens is 320 g/mol. The van der Waals surface area contributed by atoms with Gasteiger partial charge in [0.1, 0.15) is 10.8 Å². The number of halogens is 1. The van der Waals surface area contributed by atoms with Crippen LogP contribution in [0.3, 0.4) is 0 Å². The molecule has 2 atom stereocenters. The number of rotatable bonds is 5. The Labute approximate surface area is 139 Å². The molecule has 0 radical (unpaired) electrons. The van der Waals surface area contributed by atoms with Crippen molar-refractivity contribution in [3.63, 3.8) is 0 Å². The van der Waals surface area contributed by atoms with Crippen LogP contribution in [0.4, 0.5) is 0 Å². The van der Waals surface area contributed by atoms with E-state index < -0.39 is 4.93 Å². The second-order valence-electron chi connectivity index (χ2n) is 5.45. The van der Waals surface area contributed by atoms with Crippen LogP contribution < -0.4 is 0 Å². The molecule has 118 valence electrons. The molecule has 0 aliphatic carbocycles. The van der Waals surface area contributed by atoms with Gasteiger partial charge in [-0.2, -0.15) is 0 Å². The summed E-state index contributed by atoms with van der Waals surface area (Å²) in [5, 5.41) is 10.1. The van der Waals surface area contributed by atoms with Crippen molar-refractivity contribution in [1.29, 1.82) is 0 Å². The number of aliphatic hydroxyl groups excluding tert-OH is 1. The van der Waals surface area contributed by atoms with Gasteiger partial charge in [0, 0.05) is 36.6 Å². The van der Waals surface area contributed by atoms with Gasteiger partial charge in [0.2, 0.25) is 0 Å². The van der Waals surface area contributed by atoms with Crippen molar-refractivity contribution in [3.05, 3.63) is 53.1 Å². The second kappa shape index (κ2) is 6.62. The second-order valence-corrected chi connectivity index (χ2v) is 7.17. The average molecular weight is 339 g/mol. The molecule has 0 amide bonds. The zero-order chi connectivity index (χ0) is 15.6. The molecule has 3 rings (SSSR count). The first-order valence-corrected chi connectivity index (χ1v) is 8.64. The number of ether oxygens (including phenoxy) is 1. The number of aryl methyl sites for hydroxylation is 2. The number of hydrogen-bond acceptors (Lipinski definition) is 4. The summed E-state index contributed by atoms with van der Waals surface area (Å²) in [5.74, 6) is 1.82. The predicted molar refractivity (Wildman–Crippen MR) is 89.1 cm³/mol. The molecule has 0 saturated carbocycles. The highest BCUT2D eigenvalue weighted by Gasteiger charge is 2.42. The van der Waals surface area contributed by atoms with E-state index in [1.807, 2.05) is 48.3 Å². The fraction of sp³-hybridized carbons (Fsp3) is 0.438. The maximum atomic E-state index is 9.41. The molecule has 2 heterocycles. The van der Waals surface area contributed by atoms with Gasteiger partial charge in [-0.05, 0) is 24.1 Å². The summed E-state index contributed by atoms with van der Waals surface area (Å²) >= 11 is 7.74. The zero-order valence-electron chi connectivity index (χ0n) is 12.4.